The third kappa shape index (κ3) is 2.63. The fourth-order valence-corrected chi connectivity index (χ4v) is 5.07. The Bertz CT molecular complexity index is 922. The van der Waals surface area contributed by atoms with Crippen LogP contribution < -0.4 is 4.90 Å². The summed E-state index contributed by atoms with van der Waals surface area (Å²) in [5.74, 6) is -0.0248. The molecule has 6 nitrogen and oxygen atoms in total. The minimum absolute atomic E-state index is 0.00150. The number of carbonyl (C=O) groups is 1. The number of carbonyl (C=O) groups excluding carboxylic acids is 1. The Morgan fingerprint density at radius 2 is 1.96 bits per heavy atom. The fourth-order valence-electron chi connectivity index (χ4n) is 3.17. The third-order valence-corrected chi connectivity index (χ3v) is 6.09. The van der Waals surface area contributed by atoms with E-state index >= 15 is 0 Å². The van der Waals surface area contributed by atoms with Crippen molar-refractivity contribution in [3.63, 3.8) is 0 Å². The summed E-state index contributed by atoms with van der Waals surface area (Å²) in [6.45, 7) is 0. The lowest BCUT2D eigenvalue weighted by molar-refractivity contribution is -0.384. The van der Waals surface area contributed by atoms with E-state index in [1.807, 2.05) is 4.90 Å². The molecular formula is C17H12FN3O3S2. The number of nitro benzene ring substituents is 1. The molecule has 4 rings (SSSR count). The highest BCUT2D eigenvalue weighted by molar-refractivity contribution is 7.99. The molecule has 0 aliphatic carbocycles. The van der Waals surface area contributed by atoms with Gasteiger partial charge in [0, 0.05) is 17.9 Å². The van der Waals surface area contributed by atoms with E-state index in [9.17, 15) is 19.3 Å². The molecule has 2 heterocycles. The molecule has 2 aromatic carbocycles. The minimum Gasteiger partial charge on any atom is -0.319 e. The maximum Gasteiger partial charge on any atom is 0.269 e. The monoisotopic (exact) mass is 389 g/mol. The average molecular weight is 389 g/mol. The van der Waals surface area contributed by atoms with Crippen LogP contribution in [0.2, 0.25) is 0 Å². The van der Waals surface area contributed by atoms with E-state index in [1.54, 1.807) is 12.1 Å². The molecule has 0 radical (unpaired) electrons. The summed E-state index contributed by atoms with van der Waals surface area (Å²) in [5, 5.41) is 11.1. The Labute approximate surface area is 157 Å². The van der Waals surface area contributed by atoms with E-state index in [0.717, 1.165) is 5.56 Å². The highest BCUT2D eigenvalue weighted by Gasteiger charge is 2.50. The van der Waals surface area contributed by atoms with Crippen LogP contribution >= 0.6 is 24.0 Å². The number of thiocarbonyl (C=S) groups is 1. The zero-order valence-corrected chi connectivity index (χ0v) is 14.9. The van der Waals surface area contributed by atoms with Crippen LogP contribution in [0, 0.1) is 15.9 Å². The molecule has 2 aliphatic heterocycles. The number of nitrogens with zero attached hydrogens (tertiary/aromatic N) is 3. The van der Waals surface area contributed by atoms with Gasteiger partial charge in [-0.3, -0.25) is 19.8 Å². The van der Waals surface area contributed by atoms with Crippen LogP contribution in [-0.2, 0) is 4.79 Å². The fraction of sp³-hybridized carbons (Fsp3) is 0.176. The molecule has 1 amide bonds. The van der Waals surface area contributed by atoms with Crippen molar-refractivity contribution in [1.29, 1.82) is 0 Å². The first-order valence-corrected chi connectivity index (χ1v) is 9.21. The molecule has 0 saturated carbocycles. The van der Waals surface area contributed by atoms with Gasteiger partial charge in [0.1, 0.15) is 17.2 Å². The molecule has 2 fully saturated rings. The molecule has 2 atom stereocenters. The molecule has 132 valence electrons. The molecular weight excluding hydrogens is 377 g/mol. The SMILES string of the molecule is O=C1[C@H]2CS[C@@H](c3cccc([N+](=O)[O-])c3)N2C(=S)N1c1ccc(F)cc1. The summed E-state index contributed by atoms with van der Waals surface area (Å²) in [6.07, 6.45) is 0. The number of non-ortho nitro benzene ring substituents is 1. The van der Waals surface area contributed by atoms with Crippen molar-refractivity contribution in [2.24, 2.45) is 0 Å². The van der Waals surface area contributed by atoms with Gasteiger partial charge in [0.15, 0.2) is 5.11 Å². The lowest BCUT2D eigenvalue weighted by Crippen LogP contribution is -2.33. The molecule has 2 aromatic rings. The lowest BCUT2D eigenvalue weighted by atomic mass is 10.1. The van der Waals surface area contributed by atoms with Crippen LogP contribution in [-0.4, -0.2) is 32.6 Å². The van der Waals surface area contributed by atoms with Crippen LogP contribution in [0.3, 0.4) is 0 Å². The van der Waals surface area contributed by atoms with Gasteiger partial charge in [-0.1, -0.05) is 12.1 Å². The zero-order valence-electron chi connectivity index (χ0n) is 13.2. The number of amides is 1. The smallest absolute Gasteiger partial charge is 0.269 e. The van der Waals surface area contributed by atoms with Crippen molar-refractivity contribution in [3.05, 3.63) is 70.0 Å². The average Bonchev–Trinajstić information content (AvgIpc) is 3.17. The van der Waals surface area contributed by atoms with Crippen molar-refractivity contribution in [1.82, 2.24) is 4.90 Å². The van der Waals surface area contributed by atoms with Crippen molar-refractivity contribution in [2.75, 3.05) is 10.7 Å². The van der Waals surface area contributed by atoms with Gasteiger partial charge in [0.2, 0.25) is 0 Å². The van der Waals surface area contributed by atoms with Gasteiger partial charge in [-0.05, 0) is 42.0 Å². The normalized spacial score (nSPS) is 22.0. The predicted molar refractivity (Wildman–Crippen MR) is 100 cm³/mol. The molecule has 2 aliphatic rings. The van der Waals surface area contributed by atoms with Gasteiger partial charge in [-0.25, -0.2) is 4.39 Å². The molecule has 0 spiro atoms. The van der Waals surface area contributed by atoms with Gasteiger partial charge in [0.25, 0.3) is 11.6 Å². The number of fused-ring (bicyclic) bond motifs is 1. The Kier molecular flexibility index (Phi) is 4.12. The molecule has 0 N–H and O–H groups in total. The topological polar surface area (TPSA) is 66.7 Å². The van der Waals surface area contributed by atoms with Gasteiger partial charge >= 0.3 is 0 Å². The Balaban J connectivity index is 1.68. The molecule has 0 unspecified atom stereocenters. The van der Waals surface area contributed by atoms with Crippen LogP contribution in [0.4, 0.5) is 15.8 Å². The van der Waals surface area contributed by atoms with Crippen LogP contribution in [0.1, 0.15) is 10.9 Å². The zero-order chi connectivity index (χ0) is 18.4. The van der Waals surface area contributed by atoms with Crippen LogP contribution in [0.15, 0.2) is 48.5 Å². The van der Waals surface area contributed by atoms with Crippen molar-refractivity contribution in [2.45, 2.75) is 11.4 Å². The maximum atomic E-state index is 13.2. The first-order chi connectivity index (χ1) is 12.5. The van der Waals surface area contributed by atoms with Gasteiger partial charge < -0.3 is 4.90 Å². The van der Waals surface area contributed by atoms with Gasteiger partial charge in [-0.15, -0.1) is 11.8 Å². The number of nitro groups is 1. The summed E-state index contributed by atoms with van der Waals surface area (Å²) in [7, 11) is 0. The Morgan fingerprint density at radius 3 is 2.65 bits per heavy atom. The largest absolute Gasteiger partial charge is 0.319 e. The van der Waals surface area contributed by atoms with E-state index in [1.165, 1.54) is 53.1 Å². The summed E-state index contributed by atoms with van der Waals surface area (Å²) >= 11 is 7.05. The lowest BCUT2D eigenvalue weighted by Gasteiger charge is -2.25. The van der Waals surface area contributed by atoms with Crippen LogP contribution in [0.25, 0.3) is 0 Å². The molecule has 0 bridgehead atoms. The minimum atomic E-state index is -0.446. The summed E-state index contributed by atoms with van der Waals surface area (Å²) in [6, 6.07) is 11.5. The Morgan fingerprint density at radius 1 is 1.23 bits per heavy atom. The van der Waals surface area contributed by atoms with Gasteiger partial charge in [-0.2, -0.15) is 0 Å². The van der Waals surface area contributed by atoms with Crippen molar-refractivity contribution in [3.8, 4) is 0 Å². The van der Waals surface area contributed by atoms with Crippen molar-refractivity contribution < 1.29 is 14.1 Å². The standard InChI is InChI=1S/C17H12FN3O3S2/c18-11-4-6-12(7-5-11)19-15(22)14-9-26-16(20(14)17(19)25)10-2-1-3-13(8-10)21(23)24/h1-8,14,16H,9H2/t14-,16+/m1/s1. The maximum absolute atomic E-state index is 13.2. The van der Waals surface area contributed by atoms with Crippen molar-refractivity contribution >= 4 is 46.4 Å². The van der Waals surface area contributed by atoms with Gasteiger partial charge in [0.05, 0.1) is 10.6 Å². The summed E-state index contributed by atoms with van der Waals surface area (Å²) in [5.41, 5.74) is 1.24. The highest BCUT2D eigenvalue weighted by atomic mass is 32.2. The van der Waals surface area contributed by atoms with E-state index in [2.05, 4.69) is 0 Å². The molecule has 9 heteroatoms. The Hall–Kier alpha value is -2.52. The summed E-state index contributed by atoms with van der Waals surface area (Å²) in [4.78, 5) is 26.6. The van der Waals surface area contributed by atoms with Crippen LogP contribution in [0.5, 0.6) is 0 Å². The molecule has 0 aromatic heterocycles. The number of rotatable bonds is 3. The number of halogens is 1. The van der Waals surface area contributed by atoms with E-state index in [4.69, 9.17) is 12.2 Å². The number of benzene rings is 2. The number of hydrogen-bond donors (Lipinski definition) is 0. The molecule has 2 saturated heterocycles. The quantitative estimate of drug-likeness (QED) is 0.455. The first-order valence-electron chi connectivity index (χ1n) is 7.75. The molecule has 26 heavy (non-hydrogen) atoms. The third-order valence-electron chi connectivity index (χ3n) is 4.37. The highest BCUT2D eigenvalue weighted by Crippen LogP contribution is 2.46. The first kappa shape index (κ1) is 16.9. The predicted octanol–water partition coefficient (Wildman–Crippen LogP) is 3.48. The second kappa shape index (κ2) is 6.33. The second-order valence-electron chi connectivity index (χ2n) is 5.89. The van der Waals surface area contributed by atoms with E-state index in [0.29, 0.717) is 16.6 Å². The van der Waals surface area contributed by atoms with E-state index < -0.39 is 16.8 Å². The number of anilines is 1. The number of thioether (sulfide) groups is 1. The van der Waals surface area contributed by atoms with E-state index in [-0.39, 0.29) is 17.0 Å². The number of hydrogen-bond acceptors (Lipinski definition) is 5. The summed E-state index contributed by atoms with van der Waals surface area (Å²) < 4.78 is 13.2. The second-order valence-corrected chi connectivity index (χ2v) is 7.37.